The van der Waals surface area contributed by atoms with Gasteiger partial charge in [-0.25, -0.2) is 0 Å². The summed E-state index contributed by atoms with van der Waals surface area (Å²) in [5.41, 5.74) is 9.01. The topological polar surface area (TPSA) is 27.0 Å². The van der Waals surface area contributed by atoms with Gasteiger partial charge in [0.1, 0.15) is 0 Å². The Morgan fingerprint density at radius 3 is 1.91 bits per heavy atom. The Hall–Kier alpha value is -4.09. The van der Waals surface area contributed by atoms with E-state index in [0.717, 1.165) is 28.9 Å². The Morgan fingerprint density at radius 2 is 1.31 bits per heavy atom. The molecular formula is C30H26N2. The van der Waals surface area contributed by atoms with E-state index in [1.165, 1.54) is 16.8 Å². The molecule has 0 atom stereocenters. The van der Waals surface area contributed by atoms with Crippen molar-refractivity contribution in [1.82, 2.24) is 0 Å². The lowest BCUT2D eigenvalue weighted by atomic mass is 10.0. The molecule has 0 radical (unpaired) electrons. The second kappa shape index (κ2) is 9.81. The van der Waals surface area contributed by atoms with E-state index < -0.39 is 0 Å². The minimum atomic E-state index is 0.676. The van der Waals surface area contributed by atoms with Crippen LogP contribution in [0.1, 0.15) is 34.7 Å². The third-order valence-electron chi connectivity index (χ3n) is 5.60. The van der Waals surface area contributed by atoms with Gasteiger partial charge in [0.05, 0.1) is 17.3 Å². The van der Waals surface area contributed by atoms with Crippen LogP contribution in [0.4, 0.5) is 17.1 Å². The number of nitriles is 1. The molecule has 4 aromatic carbocycles. The van der Waals surface area contributed by atoms with Crippen molar-refractivity contribution in [2.75, 3.05) is 4.90 Å². The standard InChI is InChI=1S/C30H26N2/c1-3-27-9-7-8-23(2)30(27)32(28-10-5-4-6-11-28)29-20-18-25(19-21-29)13-12-24-14-16-26(22-31)17-15-24/h4-21H,3H2,1-2H3/b13-12+. The van der Waals surface area contributed by atoms with E-state index >= 15 is 0 Å². The Morgan fingerprint density at radius 1 is 0.719 bits per heavy atom. The number of aryl methyl sites for hydroxylation is 2. The van der Waals surface area contributed by atoms with E-state index in [1.807, 2.05) is 24.3 Å². The van der Waals surface area contributed by atoms with Gasteiger partial charge in [0.25, 0.3) is 0 Å². The molecule has 0 unspecified atom stereocenters. The maximum absolute atomic E-state index is 8.95. The Kier molecular flexibility index (Phi) is 6.49. The predicted molar refractivity (Wildman–Crippen MR) is 135 cm³/mol. The van der Waals surface area contributed by atoms with Crippen LogP contribution in [0.25, 0.3) is 12.2 Å². The van der Waals surface area contributed by atoms with Crippen LogP contribution in [0, 0.1) is 18.3 Å². The smallest absolute Gasteiger partial charge is 0.0991 e. The van der Waals surface area contributed by atoms with Gasteiger partial charge in [-0.1, -0.05) is 79.7 Å². The van der Waals surface area contributed by atoms with E-state index in [0.29, 0.717) is 5.56 Å². The second-order valence-corrected chi connectivity index (χ2v) is 7.77. The minimum Gasteiger partial charge on any atom is -0.310 e. The van der Waals surface area contributed by atoms with Gasteiger partial charge < -0.3 is 4.90 Å². The number of nitrogens with zero attached hydrogens (tertiary/aromatic N) is 2. The van der Waals surface area contributed by atoms with Gasteiger partial charge in [0, 0.05) is 11.4 Å². The first-order chi connectivity index (χ1) is 15.7. The molecule has 0 aliphatic carbocycles. The van der Waals surface area contributed by atoms with E-state index in [2.05, 4.69) is 110 Å². The molecule has 0 bridgehead atoms. The molecule has 0 aliphatic heterocycles. The summed E-state index contributed by atoms with van der Waals surface area (Å²) in [6.45, 7) is 4.39. The van der Waals surface area contributed by atoms with Gasteiger partial charge in [0.2, 0.25) is 0 Å². The van der Waals surface area contributed by atoms with Crippen molar-refractivity contribution in [1.29, 1.82) is 5.26 Å². The summed E-state index contributed by atoms with van der Waals surface area (Å²) in [7, 11) is 0. The van der Waals surface area contributed by atoms with Crippen molar-refractivity contribution < 1.29 is 0 Å². The lowest BCUT2D eigenvalue weighted by molar-refractivity contribution is 1.10. The zero-order valence-electron chi connectivity index (χ0n) is 18.5. The molecule has 0 aliphatic rings. The summed E-state index contributed by atoms with van der Waals surface area (Å²) in [5.74, 6) is 0. The van der Waals surface area contributed by atoms with Gasteiger partial charge in [-0.05, 0) is 72.0 Å². The summed E-state index contributed by atoms with van der Waals surface area (Å²) < 4.78 is 0. The fourth-order valence-electron chi connectivity index (χ4n) is 3.91. The van der Waals surface area contributed by atoms with Crippen LogP contribution < -0.4 is 4.90 Å². The van der Waals surface area contributed by atoms with Gasteiger partial charge >= 0.3 is 0 Å². The Labute approximate surface area is 190 Å². The highest BCUT2D eigenvalue weighted by Gasteiger charge is 2.17. The van der Waals surface area contributed by atoms with E-state index in [4.69, 9.17) is 5.26 Å². The molecule has 2 nitrogen and oxygen atoms in total. The van der Waals surface area contributed by atoms with Gasteiger partial charge in [0.15, 0.2) is 0 Å². The molecule has 0 amide bonds. The molecule has 0 saturated heterocycles. The summed E-state index contributed by atoms with van der Waals surface area (Å²) in [6.07, 6.45) is 5.15. The lowest BCUT2D eigenvalue weighted by Gasteiger charge is -2.29. The first-order valence-corrected chi connectivity index (χ1v) is 10.9. The maximum Gasteiger partial charge on any atom is 0.0991 e. The quantitative estimate of drug-likeness (QED) is 0.298. The third kappa shape index (κ3) is 4.63. The number of benzene rings is 4. The Balaban J connectivity index is 1.69. The molecule has 0 N–H and O–H groups in total. The summed E-state index contributed by atoms with van der Waals surface area (Å²) in [6, 6.07) is 35.5. The van der Waals surface area contributed by atoms with Crippen LogP contribution in [-0.4, -0.2) is 0 Å². The largest absolute Gasteiger partial charge is 0.310 e. The molecule has 0 saturated carbocycles. The van der Waals surface area contributed by atoms with Crippen LogP contribution in [-0.2, 0) is 6.42 Å². The first-order valence-electron chi connectivity index (χ1n) is 10.9. The first kappa shape index (κ1) is 21.2. The predicted octanol–water partition coefficient (Wildman–Crippen LogP) is 8.07. The number of anilines is 3. The van der Waals surface area contributed by atoms with Crippen LogP contribution in [0.3, 0.4) is 0 Å². The van der Waals surface area contributed by atoms with Crippen molar-refractivity contribution in [2.24, 2.45) is 0 Å². The van der Waals surface area contributed by atoms with Crippen LogP contribution in [0.2, 0.25) is 0 Å². The molecule has 0 heterocycles. The average molecular weight is 415 g/mol. The summed E-state index contributed by atoms with van der Waals surface area (Å²) in [5, 5.41) is 8.95. The molecular weight excluding hydrogens is 388 g/mol. The average Bonchev–Trinajstić information content (AvgIpc) is 2.85. The highest BCUT2D eigenvalue weighted by Crippen LogP contribution is 2.38. The van der Waals surface area contributed by atoms with Crippen molar-refractivity contribution in [3.8, 4) is 6.07 Å². The van der Waals surface area contributed by atoms with Crippen molar-refractivity contribution in [3.63, 3.8) is 0 Å². The molecule has 0 spiro atoms. The van der Waals surface area contributed by atoms with Crippen molar-refractivity contribution in [3.05, 3.63) is 125 Å². The molecule has 0 aromatic heterocycles. The van der Waals surface area contributed by atoms with Gasteiger partial charge in [-0.3, -0.25) is 0 Å². The fourth-order valence-corrected chi connectivity index (χ4v) is 3.91. The van der Waals surface area contributed by atoms with Gasteiger partial charge in [-0.15, -0.1) is 0 Å². The highest BCUT2D eigenvalue weighted by molar-refractivity contribution is 5.81. The lowest BCUT2D eigenvalue weighted by Crippen LogP contribution is -2.13. The van der Waals surface area contributed by atoms with Crippen LogP contribution >= 0.6 is 0 Å². The van der Waals surface area contributed by atoms with Crippen LogP contribution in [0.5, 0.6) is 0 Å². The molecule has 0 fully saturated rings. The summed E-state index contributed by atoms with van der Waals surface area (Å²) >= 11 is 0. The van der Waals surface area contributed by atoms with Gasteiger partial charge in [-0.2, -0.15) is 5.26 Å². The number of rotatable bonds is 6. The normalized spacial score (nSPS) is 10.8. The van der Waals surface area contributed by atoms with E-state index in [9.17, 15) is 0 Å². The van der Waals surface area contributed by atoms with Crippen molar-refractivity contribution in [2.45, 2.75) is 20.3 Å². The zero-order chi connectivity index (χ0) is 22.3. The Bertz CT molecular complexity index is 1250. The molecule has 4 aromatic rings. The number of hydrogen-bond acceptors (Lipinski definition) is 2. The highest BCUT2D eigenvalue weighted by atomic mass is 15.1. The minimum absolute atomic E-state index is 0.676. The maximum atomic E-state index is 8.95. The van der Waals surface area contributed by atoms with Crippen LogP contribution in [0.15, 0.2) is 97.1 Å². The van der Waals surface area contributed by atoms with E-state index in [-0.39, 0.29) is 0 Å². The zero-order valence-corrected chi connectivity index (χ0v) is 18.5. The number of hydrogen-bond donors (Lipinski definition) is 0. The second-order valence-electron chi connectivity index (χ2n) is 7.77. The summed E-state index contributed by atoms with van der Waals surface area (Å²) in [4.78, 5) is 2.35. The third-order valence-corrected chi connectivity index (χ3v) is 5.60. The monoisotopic (exact) mass is 414 g/mol. The van der Waals surface area contributed by atoms with E-state index in [1.54, 1.807) is 0 Å². The molecule has 32 heavy (non-hydrogen) atoms. The molecule has 156 valence electrons. The number of para-hydroxylation sites is 2. The molecule has 2 heteroatoms. The fraction of sp³-hybridized carbons (Fsp3) is 0.100. The van der Waals surface area contributed by atoms with Crippen molar-refractivity contribution >= 4 is 29.2 Å². The SMILES string of the molecule is CCc1cccc(C)c1N(c1ccccc1)c1ccc(/C=C/c2ccc(C#N)cc2)cc1. The molecule has 4 rings (SSSR count).